The molecule has 136 valence electrons. The van der Waals surface area contributed by atoms with Crippen LogP contribution in [0.4, 0.5) is 13.2 Å². The van der Waals surface area contributed by atoms with Crippen molar-refractivity contribution < 1.29 is 13.2 Å². The maximum atomic E-state index is 12.4. The number of benzene rings is 1. The van der Waals surface area contributed by atoms with Gasteiger partial charge in [-0.05, 0) is 49.0 Å². The lowest BCUT2D eigenvalue weighted by atomic mass is 9.97. The molecule has 1 aromatic rings. The molecule has 8 heteroatoms. The lowest BCUT2D eigenvalue weighted by Crippen LogP contribution is -2.49. The number of aliphatic imine (C=N–C) groups is 1. The van der Waals surface area contributed by atoms with Crippen molar-refractivity contribution in [3.8, 4) is 0 Å². The molecular weight excluding hydrogens is 331 g/mol. The largest absolute Gasteiger partial charge is 0.401 e. The van der Waals surface area contributed by atoms with Crippen molar-refractivity contribution in [3.05, 3.63) is 47.2 Å². The van der Waals surface area contributed by atoms with E-state index in [9.17, 15) is 13.2 Å². The SMILES string of the molecule is NC1=NC(N)(c2ccc3c(c2)CCC(NCC(F)(F)F)CC3)NC=C1. The number of nitrogens with two attached hydrogens (primary N) is 2. The van der Waals surface area contributed by atoms with Crippen LogP contribution in [0.2, 0.25) is 0 Å². The van der Waals surface area contributed by atoms with Gasteiger partial charge in [-0.1, -0.05) is 12.1 Å². The Labute approximate surface area is 144 Å². The molecule has 0 radical (unpaired) electrons. The topological polar surface area (TPSA) is 88.5 Å². The second kappa shape index (κ2) is 6.68. The summed E-state index contributed by atoms with van der Waals surface area (Å²) in [5, 5.41) is 5.62. The van der Waals surface area contributed by atoms with Crippen LogP contribution < -0.4 is 22.1 Å². The van der Waals surface area contributed by atoms with Gasteiger partial charge in [0.2, 0.25) is 5.79 Å². The molecule has 25 heavy (non-hydrogen) atoms. The van der Waals surface area contributed by atoms with Crippen LogP contribution in [-0.2, 0) is 18.6 Å². The van der Waals surface area contributed by atoms with Crippen molar-refractivity contribution in [2.75, 3.05) is 6.54 Å². The molecule has 0 bridgehead atoms. The second-order valence-corrected chi connectivity index (χ2v) is 6.53. The molecular formula is C17H22F3N5. The van der Waals surface area contributed by atoms with Crippen LogP contribution in [-0.4, -0.2) is 24.6 Å². The highest BCUT2D eigenvalue weighted by atomic mass is 19.4. The van der Waals surface area contributed by atoms with Gasteiger partial charge in [0.1, 0.15) is 5.84 Å². The van der Waals surface area contributed by atoms with Crippen molar-refractivity contribution in [3.63, 3.8) is 0 Å². The van der Waals surface area contributed by atoms with Gasteiger partial charge in [0.05, 0.1) is 6.54 Å². The van der Waals surface area contributed by atoms with Gasteiger partial charge < -0.3 is 16.4 Å². The third kappa shape index (κ3) is 4.32. The Morgan fingerprint density at radius 2 is 1.96 bits per heavy atom. The fourth-order valence-corrected chi connectivity index (χ4v) is 3.28. The molecule has 2 unspecified atom stereocenters. The summed E-state index contributed by atoms with van der Waals surface area (Å²) in [7, 11) is 0. The van der Waals surface area contributed by atoms with Gasteiger partial charge in [-0.2, -0.15) is 13.2 Å². The fraction of sp³-hybridized carbons (Fsp3) is 0.471. The average molecular weight is 353 g/mol. The first-order chi connectivity index (χ1) is 11.8. The van der Waals surface area contributed by atoms with E-state index in [4.69, 9.17) is 11.5 Å². The van der Waals surface area contributed by atoms with E-state index in [2.05, 4.69) is 15.6 Å². The number of amidine groups is 1. The zero-order valence-corrected chi connectivity index (χ0v) is 13.7. The monoisotopic (exact) mass is 353 g/mol. The van der Waals surface area contributed by atoms with Gasteiger partial charge in [-0.15, -0.1) is 0 Å². The fourth-order valence-electron chi connectivity index (χ4n) is 3.28. The van der Waals surface area contributed by atoms with Gasteiger partial charge in [0.25, 0.3) is 0 Å². The summed E-state index contributed by atoms with van der Waals surface area (Å²) in [4.78, 5) is 4.27. The van der Waals surface area contributed by atoms with Gasteiger partial charge in [0, 0.05) is 17.8 Å². The highest BCUT2D eigenvalue weighted by Gasteiger charge is 2.30. The highest BCUT2D eigenvalue weighted by molar-refractivity contribution is 5.92. The van der Waals surface area contributed by atoms with E-state index in [0.717, 1.165) is 23.1 Å². The maximum Gasteiger partial charge on any atom is 0.401 e. The molecule has 1 aromatic carbocycles. The van der Waals surface area contributed by atoms with E-state index in [1.165, 1.54) is 0 Å². The normalized spacial score (nSPS) is 26.4. The van der Waals surface area contributed by atoms with Crippen molar-refractivity contribution in [1.29, 1.82) is 0 Å². The molecule has 1 aliphatic heterocycles. The number of nitrogens with zero attached hydrogens (tertiary/aromatic N) is 1. The number of fused-ring (bicyclic) bond motifs is 1. The third-order valence-electron chi connectivity index (χ3n) is 4.62. The summed E-state index contributed by atoms with van der Waals surface area (Å²) >= 11 is 0. The molecule has 6 N–H and O–H groups in total. The lowest BCUT2D eigenvalue weighted by molar-refractivity contribution is -0.126. The van der Waals surface area contributed by atoms with Gasteiger partial charge in [0.15, 0.2) is 0 Å². The van der Waals surface area contributed by atoms with Gasteiger partial charge in [-0.3, -0.25) is 5.73 Å². The number of aryl methyl sites for hydroxylation is 2. The van der Waals surface area contributed by atoms with Gasteiger partial charge >= 0.3 is 6.18 Å². The number of hydrogen-bond acceptors (Lipinski definition) is 5. The molecule has 2 aliphatic rings. The first kappa shape index (κ1) is 17.8. The Kier molecular flexibility index (Phi) is 4.75. The maximum absolute atomic E-state index is 12.4. The van der Waals surface area contributed by atoms with Crippen LogP contribution in [0.25, 0.3) is 0 Å². The van der Waals surface area contributed by atoms with E-state index >= 15 is 0 Å². The molecule has 0 spiro atoms. The van der Waals surface area contributed by atoms with Crippen LogP contribution >= 0.6 is 0 Å². The van der Waals surface area contributed by atoms with Crippen molar-refractivity contribution in [1.82, 2.24) is 10.6 Å². The van der Waals surface area contributed by atoms with Crippen molar-refractivity contribution in [2.45, 2.75) is 43.7 Å². The minimum Gasteiger partial charge on any atom is -0.384 e. The number of alkyl halides is 3. The Balaban J connectivity index is 1.73. The van der Waals surface area contributed by atoms with E-state index in [-0.39, 0.29) is 6.04 Å². The minimum atomic E-state index is -4.18. The summed E-state index contributed by atoms with van der Waals surface area (Å²) in [5.74, 6) is -0.777. The Morgan fingerprint density at radius 1 is 1.24 bits per heavy atom. The smallest absolute Gasteiger partial charge is 0.384 e. The molecule has 3 rings (SSSR count). The number of nitrogens with one attached hydrogen (secondary N) is 2. The molecule has 0 saturated heterocycles. The zero-order chi connectivity index (χ0) is 18.1. The van der Waals surface area contributed by atoms with Gasteiger partial charge in [-0.25, -0.2) is 4.99 Å². The van der Waals surface area contributed by atoms with Crippen LogP contribution in [0.3, 0.4) is 0 Å². The van der Waals surface area contributed by atoms with Crippen LogP contribution in [0.1, 0.15) is 29.5 Å². The molecule has 0 saturated carbocycles. The van der Waals surface area contributed by atoms with E-state index in [0.29, 0.717) is 25.1 Å². The van der Waals surface area contributed by atoms with Crippen molar-refractivity contribution in [2.24, 2.45) is 16.5 Å². The first-order valence-electron chi connectivity index (χ1n) is 8.26. The Hall–Kier alpha value is -2.06. The highest BCUT2D eigenvalue weighted by Crippen LogP contribution is 2.27. The van der Waals surface area contributed by atoms with E-state index < -0.39 is 18.5 Å². The van der Waals surface area contributed by atoms with E-state index in [1.807, 2.05) is 18.2 Å². The number of rotatable bonds is 3. The Morgan fingerprint density at radius 3 is 2.64 bits per heavy atom. The number of halogens is 3. The van der Waals surface area contributed by atoms with Crippen LogP contribution in [0.15, 0.2) is 35.5 Å². The lowest BCUT2D eigenvalue weighted by Gasteiger charge is -2.29. The second-order valence-electron chi connectivity index (χ2n) is 6.53. The summed E-state index contributed by atoms with van der Waals surface area (Å²) in [6.45, 7) is -0.949. The van der Waals surface area contributed by atoms with Crippen molar-refractivity contribution >= 4 is 5.84 Å². The predicted octanol–water partition coefficient (Wildman–Crippen LogP) is 1.63. The molecule has 0 amide bonds. The Bertz CT molecular complexity index is 698. The molecule has 1 aliphatic carbocycles. The zero-order valence-electron chi connectivity index (χ0n) is 13.7. The summed E-state index contributed by atoms with van der Waals surface area (Å²) in [6, 6.07) is 5.71. The molecule has 5 nitrogen and oxygen atoms in total. The number of hydrogen-bond donors (Lipinski definition) is 4. The summed E-state index contributed by atoms with van der Waals surface area (Å²) in [5.41, 5.74) is 15.1. The standard InChI is InChI=1S/C17H22F3N5/c18-16(19,20)10-23-14-5-2-11-1-4-13(9-12(11)3-6-14)17(22)24-8-7-15(21)25-17/h1,4,7-9,14,23-24H,2-3,5-6,10,22H2,(H2,21,25). The molecule has 0 fully saturated rings. The first-order valence-corrected chi connectivity index (χ1v) is 8.26. The predicted molar refractivity (Wildman–Crippen MR) is 90.7 cm³/mol. The van der Waals surface area contributed by atoms with Crippen LogP contribution in [0.5, 0.6) is 0 Å². The summed E-state index contributed by atoms with van der Waals surface area (Å²) < 4.78 is 37.2. The quantitative estimate of drug-likeness (QED) is 0.622. The average Bonchev–Trinajstić information content (AvgIpc) is 2.74. The molecule has 1 heterocycles. The third-order valence-corrected chi connectivity index (χ3v) is 4.62. The molecule has 2 atom stereocenters. The molecule has 0 aromatic heterocycles. The minimum absolute atomic E-state index is 0.145. The van der Waals surface area contributed by atoms with E-state index in [1.54, 1.807) is 12.3 Å². The summed E-state index contributed by atoms with van der Waals surface area (Å²) in [6.07, 6.45) is 1.88. The van der Waals surface area contributed by atoms with Crippen LogP contribution in [0, 0.1) is 0 Å².